The van der Waals surface area contributed by atoms with Crippen molar-refractivity contribution in [3.8, 4) is 5.88 Å². The minimum atomic E-state index is -0.401. The number of rotatable bonds is 6. The van der Waals surface area contributed by atoms with E-state index in [0.29, 0.717) is 24.3 Å². The van der Waals surface area contributed by atoms with Crippen LogP contribution in [-0.4, -0.2) is 75.6 Å². The van der Waals surface area contributed by atoms with Gasteiger partial charge in [0.2, 0.25) is 5.88 Å². The van der Waals surface area contributed by atoms with E-state index in [1.807, 2.05) is 19.9 Å². The average Bonchev–Trinajstić information content (AvgIpc) is 3.40. The third-order valence-electron chi connectivity index (χ3n) is 6.62. The van der Waals surface area contributed by atoms with Crippen LogP contribution in [0.4, 0.5) is 0 Å². The maximum absolute atomic E-state index is 13.5. The summed E-state index contributed by atoms with van der Waals surface area (Å²) >= 11 is 0. The number of pyridine rings is 2. The summed E-state index contributed by atoms with van der Waals surface area (Å²) in [6.07, 6.45) is 8.23. The third kappa shape index (κ3) is 4.97. The molecular weight excluding hydrogens is 432 g/mol. The third-order valence-corrected chi connectivity index (χ3v) is 6.62. The number of allylic oxidation sites excluding steroid dienone is 2. The molecule has 2 aliphatic rings. The molecule has 0 fully saturated rings. The number of hydrogen-bond donors (Lipinski definition) is 1. The van der Waals surface area contributed by atoms with E-state index in [2.05, 4.69) is 16.0 Å². The molecule has 3 atom stereocenters. The van der Waals surface area contributed by atoms with Gasteiger partial charge in [0.25, 0.3) is 11.8 Å². The van der Waals surface area contributed by atoms with Gasteiger partial charge in [-0.1, -0.05) is 19.1 Å². The molecule has 2 aromatic heterocycles. The van der Waals surface area contributed by atoms with Crippen LogP contribution in [0.25, 0.3) is 5.57 Å². The number of nitrogens with zero attached hydrogens (tertiary/aromatic N) is 4. The monoisotopic (exact) mass is 464 g/mol. The van der Waals surface area contributed by atoms with Gasteiger partial charge in [-0.25, -0.2) is 4.98 Å². The quantitative estimate of drug-likeness (QED) is 0.706. The molecule has 2 amide bonds. The van der Waals surface area contributed by atoms with Crippen molar-refractivity contribution in [3.05, 3.63) is 59.6 Å². The highest BCUT2D eigenvalue weighted by atomic mass is 16.5. The van der Waals surface area contributed by atoms with E-state index in [-0.39, 0.29) is 36.3 Å². The van der Waals surface area contributed by atoms with Gasteiger partial charge in [0.05, 0.1) is 19.2 Å². The molecule has 1 aliphatic heterocycles. The van der Waals surface area contributed by atoms with Crippen LogP contribution in [0, 0.1) is 5.92 Å². The van der Waals surface area contributed by atoms with Crippen LogP contribution in [0.3, 0.4) is 0 Å². The van der Waals surface area contributed by atoms with Crippen molar-refractivity contribution >= 4 is 17.4 Å². The van der Waals surface area contributed by atoms with Gasteiger partial charge in [0.1, 0.15) is 17.4 Å². The lowest BCUT2D eigenvalue weighted by Crippen LogP contribution is -2.50. The largest absolute Gasteiger partial charge is 0.472 e. The number of carbonyl (C=O) groups is 2. The first-order valence-electron chi connectivity index (χ1n) is 11.8. The van der Waals surface area contributed by atoms with Crippen LogP contribution in [0.5, 0.6) is 5.88 Å². The molecule has 0 bridgehead atoms. The van der Waals surface area contributed by atoms with Crippen molar-refractivity contribution in [2.75, 3.05) is 26.7 Å². The van der Waals surface area contributed by atoms with Crippen molar-refractivity contribution < 1.29 is 19.4 Å². The SMILES string of the molecule is C[C@H]1CN([C@@H](C)CO)C(=O)c2cc(C3=CCCC3)cnc2O[C@H]1CN(C)C(=O)c1ccccn1. The topological polar surface area (TPSA) is 95.9 Å². The highest BCUT2D eigenvalue weighted by molar-refractivity contribution is 5.97. The summed E-state index contributed by atoms with van der Waals surface area (Å²) in [5.74, 6) is -0.249. The van der Waals surface area contributed by atoms with Crippen LogP contribution in [0.15, 0.2) is 42.7 Å². The van der Waals surface area contributed by atoms with Crippen LogP contribution in [-0.2, 0) is 0 Å². The fourth-order valence-electron chi connectivity index (χ4n) is 4.47. The van der Waals surface area contributed by atoms with Gasteiger partial charge in [0.15, 0.2) is 0 Å². The zero-order valence-corrected chi connectivity index (χ0v) is 20.0. The van der Waals surface area contributed by atoms with Gasteiger partial charge in [-0.15, -0.1) is 0 Å². The number of carbonyl (C=O) groups excluding carboxylic acids is 2. The van der Waals surface area contributed by atoms with Gasteiger partial charge < -0.3 is 19.6 Å². The van der Waals surface area contributed by atoms with E-state index < -0.39 is 6.10 Å². The predicted octanol–water partition coefficient (Wildman–Crippen LogP) is 3.04. The fraction of sp³-hybridized carbons (Fsp3) is 0.462. The van der Waals surface area contributed by atoms with Crippen molar-refractivity contribution in [2.45, 2.75) is 45.3 Å². The Morgan fingerprint density at radius 3 is 2.85 bits per heavy atom. The minimum absolute atomic E-state index is 0.107. The zero-order valence-electron chi connectivity index (χ0n) is 20.0. The Balaban J connectivity index is 1.65. The molecule has 3 heterocycles. The maximum Gasteiger partial charge on any atom is 0.272 e. The minimum Gasteiger partial charge on any atom is -0.472 e. The van der Waals surface area contributed by atoms with E-state index in [1.54, 1.807) is 47.4 Å². The van der Waals surface area contributed by atoms with Crippen LogP contribution in [0.2, 0.25) is 0 Å². The Morgan fingerprint density at radius 2 is 2.18 bits per heavy atom. The van der Waals surface area contributed by atoms with E-state index in [0.717, 1.165) is 24.8 Å². The molecule has 0 saturated carbocycles. The molecule has 180 valence electrons. The summed E-state index contributed by atoms with van der Waals surface area (Å²) in [4.78, 5) is 38.4. The molecule has 34 heavy (non-hydrogen) atoms. The number of likely N-dealkylation sites (N-methyl/N-ethyl adjacent to an activating group) is 1. The zero-order chi connectivity index (χ0) is 24.2. The molecule has 2 aromatic rings. The number of ether oxygens (including phenoxy) is 1. The molecule has 1 aliphatic carbocycles. The van der Waals surface area contributed by atoms with E-state index >= 15 is 0 Å². The fourth-order valence-corrected chi connectivity index (χ4v) is 4.47. The molecule has 8 heteroatoms. The lowest BCUT2D eigenvalue weighted by Gasteiger charge is -2.37. The van der Waals surface area contributed by atoms with Crippen molar-refractivity contribution in [3.63, 3.8) is 0 Å². The van der Waals surface area contributed by atoms with Gasteiger partial charge in [-0.2, -0.15) is 0 Å². The van der Waals surface area contributed by atoms with Crippen molar-refractivity contribution in [1.82, 2.24) is 19.8 Å². The highest BCUT2D eigenvalue weighted by Gasteiger charge is 2.35. The number of aliphatic hydroxyl groups is 1. The van der Waals surface area contributed by atoms with Crippen molar-refractivity contribution in [1.29, 1.82) is 0 Å². The Labute approximate surface area is 200 Å². The Morgan fingerprint density at radius 1 is 1.35 bits per heavy atom. The lowest BCUT2D eigenvalue weighted by atomic mass is 9.99. The van der Waals surface area contributed by atoms with Gasteiger partial charge in [-0.3, -0.25) is 14.6 Å². The highest BCUT2D eigenvalue weighted by Crippen LogP contribution is 2.32. The van der Waals surface area contributed by atoms with E-state index in [9.17, 15) is 14.7 Å². The number of fused-ring (bicyclic) bond motifs is 1. The van der Waals surface area contributed by atoms with Gasteiger partial charge >= 0.3 is 0 Å². The Hall–Kier alpha value is -3.26. The average molecular weight is 465 g/mol. The Kier molecular flexibility index (Phi) is 7.26. The van der Waals surface area contributed by atoms with Gasteiger partial charge in [-0.05, 0) is 55.5 Å². The summed E-state index contributed by atoms with van der Waals surface area (Å²) in [6, 6.07) is 6.72. The normalized spacial score (nSPS) is 21.1. The summed E-state index contributed by atoms with van der Waals surface area (Å²) in [7, 11) is 1.72. The van der Waals surface area contributed by atoms with E-state index in [1.165, 1.54) is 5.57 Å². The molecule has 8 nitrogen and oxygen atoms in total. The number of amides is 2. The molecule has 1 N–H and O–H groups in total. The number of aliphatic hydroxyl groups excluding tert-OH is 1. The maximum atomic E-state index is 13.5. The summed E-state index contributed by atoms with van der Waals surface area (Å²) in [5, 5.41) is 9.83. The number of hydrogen-bond acceptors (Lipinski definition) is 6. The first-order chi connectivity index (χ1) is 16.4. The first kappa shape index (κ1) is 23.9. The summed E-state index contributed by atoms with van der Waals surface area (Å²) in [5.41, 5.74) is 2.87. The molecule has 0 spiro atoms. The molecule has 0 saturated heterocycles. The second-order valence-electron chi connectivity index (χ2n) is 9.22. The molecule has 0 radical (unpaired) electrons. The second-order valence-corrected chi connectivity index (χ2v) is 9.22. The summed E-state index contributed by atoms with van der Waals surface area (Å²) in [6.45, 7) is 4.37. The van der Waals surface area contributed by atoms with Crippen LogP contribution >= 0.6 is 0 Å². The van der Waals surface area contributed by atoms with E-state index in [4.69, 9.17) is 4.74 Å². The first-order valence-corrected chi connectivity index (χ1v) is 11.8. The van der Waals surface area contributed by atoms with Crippen molar-refractivity contribution in [2.24, 2.45) is 5.92 Å². The number of aromatic nitrogens is 2. The Bertz CT molecular complexity index is 1070. The second kappa shape index (κ2) is 10.3. The molecule has 0 aromatic carbocycles. The van der Waals surface area contributed by atoms with Crippen LogP contribution in [0.1, 0.15) is 59.5 Å². The lowest BCUT2D eigenvalue weighted by molar-refractivity contribution is 0.0312. The summed E-state index contributed by atoms with van der Waals surface area (Å²) < 4.78 is 6.30. The smallest absolute Gasteiger partial charge is 0.272 e. The molecule has 0 unspecified atom stereocenters. The predicted molar refractivity (Wildman–Crippen MR) is 128 cm³/mol. The molecule has 4 rings (SSSR count). The van der Waals surface area contributed by atoms with Gasteiger partial charge in [0, 0.05) is 31.9 Å². The molecular formula is C26H32N4O4. The standard InChI is InChI=1S/C26H32N4O4/c1-17-14-30(18(2)16-31)25(32)21-12-20(19-8-4-5-9-19)13-28-24(21)34-23(17)15-29(3)26(33)22-10-6-7-11-27-22/h6-8,10-13,17-18,23,31H,4-5,9,14-16H2,1-3H3/t17-,18-,23-/m0/s1. The van der Waals surface area contributed by atoms with Crippen LogP contribution < -0.4 is 4.74 Å².